The van der Waals surface area contributed by atoms with E-state index in [0.717, 1.165) is 11.5 Å². The van der Waals surface area contributed by atoms with Crippen LogP contribution in [0.3, 0.4) is 0 Å². The van der Waals surface area contributed by atoms with E-state index < -0.39 is 5.91 Å². The molecule has 0 spiro atoms. The van der Waals surface area contributed by atoms with Gasteiger partial charge in [0.1, 0.15) is 11.5 Å². The van der Waals surface area contributed by atoms with Crippen molar-refractivity contribution in [3.63, 3.8) is 0 Å². The van der Waals surface area contributed by atoms with Gasteiger partial charge in [0.2, 0.25) is 0 Å². The monoisotopic (exact) mass is 303 g/mol. The number of ether oxygens (including phenoxy) is 1. The number of amides is 1. The van der Waals surface area contributed by atoms with Gasteiger partial charge in [0, 0.05) is 24.6 Å². The van der Waals surface area contributed by atoms with Gasteiger partial charge >= 0.3 is 0 Å². The lowest BCUT2D eigenvalue weighted by atomic mass is 9.98. The summed E-state index contributed by atoms with van der Waals surface area (Å²) in [5.41, 5.74) is 0.844. The summed E-state index contributed by atoms with van der Waals surface area (Å²) < 4.78 is 10.7. The van der Waals surface area contributed by atoms with Crippen LogP contribution in [0.25, 0.3) is 0 Å². The molecule has 3 heterocycles. The zero-order valence-electron chi connectivity index (χ0n) is 12.2. The molecule has 0 unspecified atom stereocenters. The van der Waals surface area contributed by atoms with E-state index in [-0.39, 0.29) is 23.4 Å². The van der Waals surface area contributed by atoms with Crippen molar-refractivity contribution in [1.29, 1.82) is 0 Å². The molecule has 1 saturated heterocycles. The van der Waals surface area contributed by atoms with Crippen LogP contribution in [0.5, 0.6) is 5.75 Å². The van der Waals surface area contributed by atoms with Crippen molar-refractivity contribution in [1.82, 2.24) is 15.5 Å². The van der Waals surface area contributed by atoms with E-state index in [4.69, 9.17) is 9.26 Å². The first-order valence-corrected chi connectivity index (χ1v) is 7.08. The Bertz CT molecular complexity index is 670. The third-order valence-electron chi connectivity index (χ3n) is 3.66. The molecule has 2 aromatic heterocycles. The van der Waals surface area contributed by atoms with E-state index in [9.17, 15) is 9.90 Å². The molecule has 2 N–H and O–H groups in total. The third kappa shape index (κ3) is 3.09. The Morgan fingerprint density at radius 1 is 1.50 bits per heavy atom. The SMILES string of the molecule is Cc1cc(C[C@@H]2COC[C@@H]2NC(=O)c2ncccc2O)on1. The molecule has 1 aliphatic heterocycles. The van der Waals surface area contributed by atoms with Crippen LogP contribution in [0.2, 0.25) is 0 Å². The first-order valence-electron chi connectivity index (χ1n) is 7.08. The average molecular weight is 303 g/mol. The number of rotatable bonds is 4. The second-order valence-electron chi connectivity index (χ2n) is 5.39. The van der Waals surface area contributed by atoms with Gasteiger partial charge in [0.25, 0.3) is 5.91 Å². The third-order valence-corrected chi connectivity index (χ3v) is 3.66. The van der Waals surface area contributed by atoms with Crippen molar-refractivity contribution in [2.75, 3.05) is 13.2 Å². The van der Waals surface area contributed by atoms with Crippen molar-refractivity contribution in [3.05, 3.63) is 41.5 Å². The smallest absolute Gasteiger partial charge is 0.274 e. The molecule has 7 nitrogen and oxygen atoms in total. The van der Waals surface area contributed by atoms with Crippen LogP contribution in [0.4, 0.5) is 0 Å². The van der Waals surface area contributed by atoms with Crippen LogP contribution >= 0.6 is 0 Å². The van der Waals surface area contributed by atoms with Crippen LogP contribution < -0.4 is 5.32 Å². The predicted molar refractivity (Wildman–Crippen MR) is 76.4 cm³/mol. The van der Waals surface area contributed by atoms with Crippen LogP contribution in [-0.4, -0.2) is 40.4 Å². The van der Waals surface area contributed by atoms with E-state index in [1.54, 1.807) is 6.07 Å². The van der Waals surface area contributed by atoms with Crippen molar-refractivity contribution in [3.8, 4) is 5.75 Å². The lowest BCUT2D eigenvalue weighted by Gasteiger charge is -2.17. The van der Waals surface area contributed by atoms with E-state index in [0.29, 0.717) is 19.6 Å². The molecule has 2 aromatic rings. The minimum absolute atomic E-state index is 0.0173. The highest BCUT2D eigenvalue weighted by Crippen LogP contribution is 2.21. The van der Waals surface area contributed by atoms with E-state index >= 15 is 0 Å². The number of aromatic nitrogens is 2. The molecule has 116 valence electrons. The molecular weight excluding hydrogens is 286 g/mol. The minimum atomic E-state index is -0.410. The fourth-order valence-corrected chi connectivity index (χ4v) is 2.54. The Morgan fingerprint density at radius 3 is 3.09 bits per heavy atom. The van der Waals surface area contributed by atoms with Crippen LogP contribution in [0.1, 0.15) is 21.9 Å². The summed E-state index contributed by atoms with van der Waals surface area (Å²) in [5, 5.41) is 16.4. The molecule has 1 amide bonds. The quantitative estimate of drug-likeness (QED) is 0.877. The number of carbonyl (C=O) groups excluding carboxylic acids is 1. The molecule has 1 fully saturated rings. The number of pyridine rings is 1. The zero-order chi connectivity index (χ0) is 15.5. The maximum absolute atomic E-state index is 12.2. The topological polar surface area (TPSA) is 97.5 Å². The summed E-state index contributed by atoms with van der Waals surface area (Å²) in [6.07, 6.45) is 2.11. The number of nitrogens with zero attached hydrogens (tertiary/aromatic N) is 2. The summed E-state index contributed by atoms with van der Waals surface area (Å²) >= 11 is 0. The van der Waals surface area contributed by atoms with Crippen LogP contribution in [0, 0.1) is 12.8 Å². The number of carbonyl (C=O) groups is 1. The summed E-state index contributed by atoms with van der Waals surface area (Å²) in [6, 6.07) is 4.73. The van der Waals surface area contributed by atoms with Crippen molar-refractivity contribution >= 4 is 5.91 Å². The predicted octanol–water partition coefficient (Wildman–Crippen LogP) is 1.07. The van der Waals surface area contributed by atoms with Crippen molar-refractivity contribution in [2.45, 2.75) is 19.4 Å². The average Bonchev–Trinajstić information content (AvgIpc) is 3.09. The van der Waals surface area contributed by atoms with Gasteiger partial charge in [-0.2, -0.15) is 0 Å². The van der Waals surface area contributed by atoms with Gasteiger partial charge in [-0.1, -0.05) is 5.16 Å². The zero-order valence-corrected chi connectivity index (χ0v) is 12.2. The molecule has 0 bridgehead atoms. The van der Waals surface area contributed by atoms with Gasteiger partial charge in [-0.15, -0.1) is 0 Å². The van der Waals surface area contributed by atoms with Gasteiger partial charge in [-0.3, -0.25) is 4.79 Å². The normalized spacial score (nSPS) is 21.0. The van der Waals surface area contributed by atoms with Crippen molar-refractivity contribution < 1.29 is 19.2 Å². The Kier molecular flexibility index (Phi) is 4.06. The highest BCUT2D eigenvalue weighted by molar-refractivity contribution is 5.94. The van der Waals surface area contributed by atoms with Crippen molar-refractivity contribution in [2.24, 2.45) is 5.92 Å². The number of hydrogen-bond acceptors (Lipinski definition) is 6. The number of nitrogens with one attached hydrogen (secondary N) is 1. The number of hydrogen-bond donors (Lipinski definition) is 2. The van der Waals surface area contributed by atoms with E-state index in [1.165, 1.54) is 12.3 Å². The molecule has 22 heavy (non-hydrogen) atoms. The van der Waals surface area contributed by atoms with E-state index in [1.807, 2.05) is 13.0 Å². The summed E-state index contributed by atoms with van der Waals surface area (Å²) in [4.78, 5) is 16.1. The molecule has 0 radical (unpaired) electrons. The van der Waals surface area contributed by atoms with E-state index in [2.05, 4.69) is 15.5 Å². The summed E-state index contributed by atoms with van der Waals surface area (Å²) in [6.45, 7) is 2.83. The Labute approximate surface area is 127 Å². The largest absolute Gasteiger partial charge is 0.505 e. The molecule has 1 aliphatic rings. The first-order chi connectivity index (χ1) is 10.6. The van der Waals surface area contributed by atoms with Crippen LogP contribution in [-0.2, 0) is 11.2 Å². The standard InChI is InChI=1S/C15H17N3O4/c1-9-5-11(22-18-9)6-10-7-21-8-12(10)17-15(20)14-13(19)3-2-4-16-14/h2-5,10,12,19H,6-8H2,1H3,(H,17,20)/t10-,12+/m1/s1. The maximum Gasteiger partial charge on any atom is 0.274 e. The van der Waals surface area contributed by atoms with Crippen LogP contribution in [0.15, 0.2) is 28.9 Å². The maximum atomic E-state index is 12.2. The Hall–Kier alpha value is -2.41. The second-order valence-corrected chi connectivity index (χ2v) is 5.39. The lowest BCUT2D eigenvalue weighted by Crippen LogP contribution is -2.40. The molecule has 2 atom stereocenters. The number of aryl methyl sites for hydroxylation is 1. The first kappa shape index (κ1) is 14.5. The molecule has 3 rings (SSSR count). The minimum Gasteiger partial charge on any atom is -0.505 e. The Balaban J connectivity index is 1.66. The molecule has 7 heteroatoms. The van der Waals surface area contributed by atoms with Gasteiger partial charge in [-0.25, -0.2) is 4.98 Å². The van der Waals surface area contributed by atoms with Gasteiger partial charge in [-0.05, 0) is 19.1 Å². The fraction of sp³-hybridized carbons (Fsp3) is 0.400. The van der Waals surface area contributed by atoms with Gasteiger partial charge < -0.3 is 19.7 Å². The van der Waals surface area contributed by atoms with Gasteiger partial charge in [0.15, 0.2) is 5.69 Å². The number of aromatic hydroxyl groups is 1. The highest BCUT2D eigenvalue weighted by Gasteiger charge is 2.31. The van der Waals surface area contributed by atoms with Gasteiger partial charge in [0.05, 0.1) is 24.9 Å². The molecule has 0 aromatic carbocycles. The fourth-order valence-electron chi connectivity index (χ4n) is 2.54. The Morgan fingerprint density at radius 2 is 2.36 bits per heavy atom. The molecular formula is C15H17N3O4. The molecule has 0 saturated carbocycles. The summed E-state index contributed by atoms with van der Waals surface area (Å²) in [7, 11) is 0. The summed E-state index contributed by atoms with van der Waals surface area (Å²) in [5.74, 6) is 0.323. The molecule has 0 aliphatic carbocycles. The second kappa shape index (κ2) is 6.15. The highest BCUT2D eigenvalue weighted by atomic mass is 16.5. The lowest BCUT2D eigenvalue weighted by molar-refractivity contribution is 0.0916.